The predicted octanol–water partition coefficient (Wildman–Crippen LogP) is 2.57. The van der Waals surface area contributed by atoms with Gasteiger partial charge in [-0.25, -0.2) is 4.39 Å². The Morgan fingerprint density at radius 2 is 1.96 bits per heavy atom. The lowest BCUT2D eigenvalue weighted by Crippen LogP contribution is -2.62. The molecule has 4 rings (SSSR count). The highest BCUT2D eigenvalue weighted by molar-refractivity contribution is 6.01. The van der Waals surface area contributed by atoms with Crippen molar-refractivity contribution in [3.05, 3.63) is 23.8 Å². The van der Waals surface area contributed by atoms with Crippen LogP contribution in [0.1, 0.15) is 39.5 Å². The first-order valence-corrected chi connectivity index (χ1v) is 8.74. The summed E-state index contributed by atoms with van der Waals surface area (Å²) in [6, 6.07) is 0. The van der Waals surface area contributed by atoms with Crippen molar-refractivity contribution < 1.29 is 19.4 Å². The summed E-state index contributed by atoms with van der Waals surface area (Å²) in [5, 5.41) is 21.2. The van der Waals surface area contributed by atoms with Crippen LogP contribution in [0.4, 0.5) is 4.39 Å². The van der Waals surface area contributed by atoms with Gasteiger partial charge in [-0.2, -0.15) is 0 Å². The van der Waals surface area contributed by atoms with Gasteiger partial charge in [-0.15, -0.1) is 0 Å². The molecule has 0 radical (unpaired) electrons. The summed E-state index contributed by atoms with van der Waals surface area (Å²) in [6.07, 6.45) is 5.04. The van der Waals surface area contributed by atoms with E-state index in [-0.39, 0.29) is 23.5 Å². The number of fused-ring (bicyclic) bond motifs is 5. The number of ketones is 1. The first-order chi connectivity index (χ1) is 10.8. The second kappa shape index (κ2) is 4.76. The quantitative estimate of drug-likeness (QED) is 0.721. The van der Waals surface area contributed by atoms with Crippen molar-refractivity contribution in [2.45, 2.75) is 57.9 Å². The number of aliphatic hydroxyl groups is 2. The molecule has 8 atom stereocenters. The third-order valence-corrected chi connectivity index (χ3v) is 7.55. The van der Waals surface area contributed by atoms with Crippen LogP contribution in [0.15, 0.2) is 23.8 Å². The molecule has 23 heavy (non-hydrogen) atoms. The van der Waals surface area contributed by atoms with Crippen molar-refractivity contribution in [1.29, 1.82) is 0 Å². The largest absolute Gasteiger partial charge is 0.392 e. The molecule has 0 unspecified atom stereocenters. The number of hydrogen-bond acceptors (Lipinski definition) is 3. The van der Waals surface area contributed by atoms with Crippen LogP contribution in [0.3, 0.4) is 0 Å². The number of aliphatic hydroxyl groups excluding tert-OH is 2. The van der Waals surface area contributed by atoms with E-state index < -0.39 is 29.2 Å². The minimum absolute atomic E-state index is 0.0147. The maximum atomic E-state index is 15.2. The summed E-state index contributed by atoms with van der Waals surface area (Å²) in [5.41, 5.74) is -0.262. The van der Waals surface area contributed by atoms with Crippen LogP contribution in [0.2, 0.25) is 0 Å². The molecule has 4 aliphatic rings. The lowest BCUT2D eigenvalue weighted by Gasteiger charge is -2.59. The highest BCUT2D eigenvalue weighted by Gasteiger charge is 2.66. The van der Waals surface area contributed by atoms with Gasteiger partial charge in [0.15, 0.2) is 5.78 Å². The molecule has 4 heteroatoms. The number of rotatable bonds is 0. The molecule has 0 aromatic heterocycles. The lowest BCUT2D eigenvalue weighted by molar-refractivity contribution is -0.179. The van der Waals surface area contributed by atoms with Crippen LogP contribution in [0, 0.1) is 28.6 Å². The second-order valence-electron chi connectivity index (χ2n) is 8.37. The van der Waals surface area contributed by atoms with Gasteiger partial charge in [-0.3, -0.25) is 4.79 Å². The zero-order valence-corrected chi connectivity index (χ0v) is 13.7. The van der Waals surface area contributed by atoms with Gasteiger partial charge in [0, 0.05) is 16.7 Å². The van der Waals surface area contributed by atoms with E-state index in [0.717, 1.165) is 24.8 Å². The predicted molar refractivity (Wildman–Crippen MR) is 84.3 cm³/mol. The molecule has 0 heterocycles. The first-order valence-electron chi connectivity index (χ1n) is 8.74. The average Bonchev–Trinajstić information content (AvgIpc) is 2.82. The number of carbonyl (C=O) groups excluding carboxylic acids is 1. The van der Waals surface area contributed by atoms with E-state index in [2.05, 4.69) is 0 Å². The Morgan fingerprint density at radius 3 is 2.70 bits per heavy atom. The molecule has 0 aliphatic heterocycles. The molecule has 2 N–H and O–H groups in total. The topological polar surface area (TPSA) is 57.5 Å². The summed E-state index contributed by atoms with van der Waals surface area (Å²) >= 11 is 0. The molecule has 0 amide bonds. The number of carbonyl (C=O) groups is 1. The van der Waals surface area contributed by atoms with Crippen molar-refractivity contribution in [3.63, 3.8) is 0 Å². The molecule has 126 valence electrons. The maximum absolute atomic E-state index is 15.2. The Kier molecular flexibility index (Phi) is 3.21. The zero-order valence-electron chi connectivity index (χ0n) is 13.7. The number of halogens is 1. The summed E-state index contributed by atoms with van der Waals surface area (Å²) in [7, 11) is 0. The maximum Gasteiger partial charge on any atom is 0.178 e. The number of hydrogen-bond donors (Lipinski definition) is 2. The van der Waals surface area contributed by atoms with Gasteiger partial charge in [0.1, 0.15) is 6.17 Å². The molecule has 0 bridgehead atoms. The van der Waals surface area contributed by atoms with E-state index >= 15 is 4.39 Å². The average molecular weight is 320 g/mol. The summed E-state index contributed by atoms with van der Waals surface area (Å²) < 4.78 is 15.2. The molecular weight excluding hydrogens is 295 g/mol. The van der Waals surface area contributed by atoms with Crippen LogP contribution >= 0.6 is 0 Å². The standard InChI is InChI=1S/C19H25FO3/c1-18-8-7-11(21)9-10(18)3-4-12-13-5-6-14(22)19(13,2)17(20)16(23)15(12)18/h7-9,12-17,22-23H,3-6H2,1-2H3/t12-,13-,14-,15+,16+,17+,18-,19-/m0/s1. The van der Waals surface area contributed by atoms with Crippen LogP contribution in [0.25, 0.3) is 0 Å². The fourth-order valence-electron chi connectivity index (χ4n) is 6.23. The fourth-order valence-corrected chi connectivity index (χ4v) is 6.23. The monoisotopic (exact) mass is 320 g/mol. The van der Waals surface area contributed by atoms with Gasteiger partial charge >= 0.3 is 0 Å². The van der Waals surface area contributed by atoms with E-state index in [9.17, 15) is 15.0 Å². The number of alkyl halides is 1. The molecule has 3 nitrogen and oxygen atoms in total. The Morgan fingerprint density at radius 1 is 1.22 bits per heavy atom. The molecule has 3 fully saturated rings. The molecule has 0 aromatic rings. The van der Waals surface area contributed by atoms with Gasteiger partial charge in [0.05, 0.1) is 12.2 Å². The zero-order chi connectivity index (χ0) is 16.6. The van der Waals surface area contributed by atoms with Crippen molar-refractivity contribution in [2.75, 3.05) is 0 Å². The van der Waals surface area contributed by atoms with Crippen molar-refractivity contribution in [1.82, 2.24) is 0 Å². The van der Waals surface area contributed by atoms with Crippen LogP contribution in [-0.2, 0) is 4.79 Å². The van der Waals surface area contributed by atoms with E-state index in [1.807, 2.05) is 19.9 Å². The normalized spacial score (nSPS) is 55.0. The van der Waals surface area contributed by atoms with E-state index in [0.29, 0.717) is 6.42 Å². The van der Waals surface area contributed by atoms with Crippen LogP contribution in [-0.4, -0.2) is 34.4 Å². The van der Waals surface area contributed by atoms with Gasteiger partial charge in [-0.1, -0.05) is 25.5 Å². The van der Waals surface area contributed by atoms with Crippen LogP contribution in [0.5, 0.6) is 0 Å². The van der Waals surface area contributed by atoms with E-state index in [4.69, 9.17) is 0 Å². The van der Waals surface area contributed by atoms with Gasteiger partial charge in [0.25, 0.3) is 0 Å². The summed E-state index contributed by atoms with van der Waals surface area (Å²) in [4.78, 5) is 11.7. The minimum Gasteiger partial charge on any atom is -0.392 e. The van der Waals surface area contributed by atoms with Crippen molar-refractivity contribution in [3.8, 4) is 0 Å². The molecule has 0 saturated heterocycles. The van der Waals surface area contributed by atoms with Gasteiger partial charge in [0.2, 0.25) is 0 Å². The Balaban J connectivity index is 1.80. The summed E-state index contributed by atoms with van der Waals surface area (Å²) in [5.74, 6) is 0.0637. The summed E-state index contributed by atoms with van der Waals surface area (Å²) in [6.45, 7) is 3.84. The molecule has 0 aromatic carbocycles. The SMILES string of the molecule is C[C@]12[C@H](F)[C@H](O)[C@H]3[C@@H](CCC4=CC(=O)C=C[C@@]43C)[C@@H]1CC[C@@H]2O. The van der Waals surface area contributed by atoms with Gasteiger partial charge in [-0.05, 0) is 49.7 Å². The van der Waals surface area contributed by atoms with Crippen molar-refractivity contribution in [2.24, 2.45) is 28.6 Å². The van der Waals surface area contributed by atoms with E-state index in [1.165, 1.54) is 0 Å². The Bertz CT molecular complexity index is 612. The lowest BCUT2D eigenvalue weighted by atomic mass is 9.47. The highest BCUT2D eigenvalue weighted by atomic mass is 19.1. The third-order valence-electron chi connectivity index (χ3n) is 7.55. The molecular formula is C19H25FO3. The van der Waals surface area contributed by atoms with E-state index in [1.54, 1.807) is 12.2 Å². The molecule has 3 saturated carbocycles. The number of allylic oxidation sites excluding steroid dienone is 4. The van der Waals surface area contributed by atoms with Crippen LogP contribution < -0.4 is 0 Å². The van der Waals surface area contributed by atoms with Crippen molar-refractivity contribution >= 4 is 5.78 Å². The molecule has 0 spiro atoms. The Hall–Kier alpha value is -1.00. The first kappa shape index (κ1) is 15.5. The highest BCUT2D eigenvalue weighted by Crippen LogP contribution is 2.65. The molecule has 4 aliphatic carbocycles. The second-order valence-corrected chi connectivity index (χ2v) is 8.37. The minimum atomic E-state index is -1.42. The fraction of sp³-hybridized carbons (Fsp3) is 0.737. The smallest absolute Gasteiger partial charge is 0.178 e. The van der Waals surface area contributed by atoms with Gasteiger partial charge < -0.3 is 10.2 Å². The Labute approximate surface area is 136 Å². The third kappa shape index (κ3) is 1.79.